The van der Waals surface area contributed by atoms with Gasteiger partial charge in [-0.2, -0.15) is 17.4 Å². The van der Waals surface area contributed by atoms with Crippen molar-refractivity contribution >= 4 is 16.2 Å². The van der Waals surface area contributed by atoms with Gasteiger partial charge in [-0.15, -0.1) is 0 Å². The summed E-state index contributed by atoms with van der Waals surface area (Å²) in [5.41, 5.74) is -0.991. The predicted molar refractivity (Wildman–Crippen MR) is 52.1 cm³/mol. The second kappa shape index (κ2) is 4.24. The molecule has 0 aliphatic heterocycles. The van der Waals surface area contributed by atoms with Crippen molar-refractivity contribution in [1.82, 2.24) is 9.03 Å². The molecule has 0 aliphatic carbocycles. The van der Waals surface area contributed by atoms with Crippen LogP contribution < -0.4 is 4.72 Å². The molecule has 0 saturated heterocycles. The van der Waals surface area contributed by atoms with E-state index in [1.807, 2.05) is 0 Å². The van der Waals surface area contributed by atoms with Gasteiger partial charge in [0.25, 0.3) is 10.2 Å². The van der Waals surface area contributed by atoms with Crippen molar-refractivity contribution in [3.8, 4) is 0 Å². The van der Waals surface area contributed by atoms with Gasteiger partial charge in [0.15, 0.2) is 0 Å². The minimum atomic E-state index is -3.58. The van der Waals surface area contributed by atoms with E-state index in [2.05, 4.69) is 4.72 Å². The van der Waals surface area contributed by atoms with Gasteiger partial charge in [-0.25, -0.2) is 0 Å². The molecule has 0 heterocycles. The molecule has 6 nitrogen and oxygen atoms in total. The Labute approximate surface area is 84.1 Å². The Morgan fingerprint density at radius 2 is 1.86 bits per heavy atom. The van der Waals surface area contributed by atoms with E-state index in [1.54, 1.807) is 0 Å². The molecule has 0 amide bonds. The first kappa shape index (κ1) is 13.3. The number of nitrogens with zero attached hydrogens (tertiary/aromatic N) is 1. The van der Waals surface area contributed by atoms with Crippen LogP contribution in [0.25, 0.3) is 0 Å². The second-order valence-electron chi connectivity index (χ2n) is 3.84. The molecule has 0 rings (SSSR count). The number of rotatable bonds is 5. The second-order valence-corrected chi connectivity index (χ2v) is 5.73. The number of hydrogen-bond donors (Lipinski definition) is 2. The number of nitrogens with one attached hydrogen (secondary N) is 1. The summed E-state index contributed by atoms with van der Waals surface area (Å²) >= 11 is 0. The van der Waals surface area contributed by atoms with Gasteiger partial charge < -0.3 is 5.11 Å². The van der Waals surface area contributed by atoms with E-state index in [0.717, 1.165) is 4.31 Å². The Bertz CT molecular complexity index is 308. The molecule has 0 saturated carbocycles. The van der Waals surface area contributed by atoms with Crippen molar-refractivity contribution in [3.63, 3.8) is 0 Å². The lowest BCUT2D eigenvalue weighted by Crippen LogP contribution is -2.49. The molecule has 0 aromatic carbocycles. The average molecular weight is 224 g/mol. The van der Waals surface area contributed by atoms with Crippen LogP contribution in [0.4, 0.5) is 0 Å². The van der Waals surface area contributed by atoms with Crippen LogP contribution in [0, 0.1) is 0 Å². The quantitative estimate of drug-likeness (QED) is 0.667. The summed E-state index contributed by atoms with van der Waals surface area (Å²) in [6.45, 7) is 3.03. The predicted octanol–water partition coefficient (Wildman–Crippen LogP) is -0.364. The molecule has 0 aromatic heterocycles. The Balaban J connectivity index is 4.59. The third-order valence-electron chi connectivity index (χ3n) is 1.48. The third kappa shape index (κ3) is 4.54. The normalized spacial score (nSPS) is 13.2. The SMILES string of the molecule is CN(C)S(=O)(=O)NC(C)(C)CC(=O)O. The molecule has 14 heavy (non-hydrogen) atoms. The standard InChI is InChI=1S/C7H16N2O4S/c1-7(2,5-6(10)11)8-14(12,13)9(3)4/h8H,5H2,1-4H3,(H,10,11). The number of aliphatic carboxylic acids is 1. The molecule has 0 spiro atoms. The Kier molecular flexibility index (Phi) is 4.04. The first-order chi connectivity index (χ1) is 6.07. The fourth-order valence-electron chi connectivity index (χ4n) is 0.855. The van der Waals surface area contributed by atoms with Crippen molar-refractivity contribution in [2.24, 2.45) is 0 Å². The fourth-order valence-corrected chi connectivity index (χ4v) is 1.81. The smallest absolute Gasteiger partial charge is 0.305 e. The highest BCUT2D eigenvalue weighted by Crippen LogP contribution is 2.10. The van der Waals surface area contributed by atoms with E-state index in [-0.39, 0.29) is 6.42 Å². The van der Waals surface area contributed by atoms with E-state index in [4.69, 9.17) is 5.11 Å². The molecular formula is C7H16N2O4S. The summed E-state index contributed by atoms with van der Waals surface area (Å²) in [6, 6.07) is 0. The monoisotopic (exact) mass is 224 g/mol. The van der Waals surface area contributed by atoms with Gasteiger partial charge in [0, 0.05) is 19.6 Å². The van der Waals surface area contributed by atoms with E-state index in [0.29, 0.717) is 0 Å². The van der Waals surface area contributed by atoms with Crippen LogP contribution in [-0.2, 0) is 15.0 Å². The molecule has 84 valence electrons. The molecular weight excluding hydrogens is 208 g/mol. The molecule has 0 aliphatic rings. The van der Waals surface area contributed by atoms with Gasteiger partial charge >= 0.3 is 5.97 Å². The minimum absolute atomic E-state index is 0.264. The summed E-state index contributed by atoms with van der Waals surface area (Å²) < 4.78 is 26.0. The Morgan fingerprint density at radius 3 is 2.14 bits per heavy atom. The Hall–Kier alpha value is -0.660. The van der Waals surface area contributed by atoms with Crippen molar-refractivity contribution in [2.75, 3.05) is 14.1 Å². The molecule has 2 N–H and O–H groups in total. The number of carboxylic acid groups (broad SMARTS) is 1. The zero-order valence-electron chi connectivity index (χ0n) is 8.73. The summed E-state index contributed by atoms with van der Waals surface area (Å²) in [4.78, 5) is 10.4. The average Bonchev–Trinajstić information content (AvgIpc) is 1.79. The molecule has 0 bridgehead atoms. The number of carbonyl (C=O) groups is 1. The van der Waals surface area contributed by atoms with E-state index in [9.17, 15) is 13.2 Å². The lowest BCUT2D eigenvalue weighted by atomic mass is 10.0. The molecule has 0 aromatic rings. The van der Waals surface area contributed by atoms with Gasteiger partial charge in [0.05, 0.1) is 6.42 Å². The maximum atomic E-state index is 11.3. The van der Waals surface area contributed by atoms with Crippen LogP contribution in [-0.4, -0.2) is 43.4 Å². The summed E-state index contributed by atoms with van der Waals surface area (Å²) in [7, 11) is -0.833. The molecule has 0 unspecified atom stereocenters. The Morgan fingerprint density at radius 1 is 1.43 bits per heavy atom. The summed E-state index contributed by atoms with van der Waals surface area (Å²) in [5.74, 6) is -1.04. The summed E-state index contributed by atoms with van der Waals surface area (Å²) in [5, 5.41) is 8.54. The van der Waals surface area contributed by atoms with E-state index < -0.39 is 21.7 Å². The van der Waals surface area contributed by atoms with Crippen LogP contribution in [0.3, 0.4) is 0 Å². The van der Waals surface area contributed by atoms with Gasteiger partial charge in [-0.05, 0) is 13.8 Å². The van der Waals surface area contributed by atoms with Gasteiger partial charge in [-0.1, -0.05) is 0 Å². The lowest BCUT2D eigenvalue weighted by Gasteiger charge is -2.25. The van der Waals surface area contributed by atoms with E-state index >= 15 is 0 Å². The topological polar surface area (TPSA) is 86.7 Å². The molecule has 7 heteroatoms. The maximum Gasteiger partial charge on any atom is 0.305 e. The fraction of sp³-hybridized carbons (Fsp3) is 0.857. The highest BCUT2D eigenvalue weighted by atomic mass is 32.2. The van der Waals surface area contributed by atoms with Crippen LogP contribution in [0.2, 0.25) is 0 Å². The third-order valence-corrected chi connectivity index (χ3v) is 3.25. The first-order valence-electron chi connectivity index (χ1n) is 4.00. The zero-order valence-corrected chi connectivity index (χ0v) is 9.55. The maximum absolute atomic E-state index is 11.3. The first-order valence-corrected chi connectivity index (χ1v) is 5.44. The van der Waals surface area contributed by atoms with Crippen LogP contribution in [0.5, 0.6) is 0 Å². The van der Waals surface area contributed by atoms with E-state index in [1.165, 1.54) is 27.9 Å². The van der Waals surface area contributed by atoms with Gasteiger partial charge in [-0.3, -0.25) is 4.79 Å². The van der Waals surface area contributed by atoms with Gasteiger partial charge in [0.1, 0.15) is 0 Å². The molecule has 0 radical (unpaired) electrons. The van der Waals surface area contributed by atoms with Crippen molar-refractivity contribution in [3.05, 3.63) is 0 Å². The van der Waals surface area contributed by atoms with Crippen LogP contribution in [0.15, 0.2) is 0 Å². The van der Waals surface area contributed by atoms with Gasteiger partial charge in [0.2, 0.25) is 0 Å². The lowest BCUT2D eigenvalue weighted by molar-refractivity contribution is -0.138. The number of carboxylic acids is 1. The zero-order chi connectivity index (χ0) is 11.6. The molecule has 0 fully saturated rings. The van der Waals surface area contributed by atoms with Crippen molar-refractivity contribution < 1.29 is 18.3 Å². The number of hydrogen-bond acceptors (Lipinski definition) is 3. The van der Waals surface area contributed by atoms with Crippen molar-refractivity contribution in [1.29, 1.82) is 0 Å². The summed E-state index contributed by atoms with van der Waals surface area (Å²) in [6.07, 6.45) is -0.264. The highest BCUT2D eigenvalue weighted by molar-refractivity contribution is 7.87. The highest BCUT2D eigenvalue weighted by Gasteiger charge is 2.28. The van der Waals surface area contributed by atoms with Crippen LogP contribution in [0.1, 0.15) is 20.3 Å². The minimum Gasteiger partial charge on any atom is -0.481 e. The largest absolute Gasteiger partial charge is 0.481 e. The van der Waals surface area contributed by atoms with Crippen LogP contribution >= 0.6 is 0 Å². The molecule has 0 atom stereocenters. The van der Waals surface area contributed by atoms with Crippen molar-refractivity contribution in [2.45, 2.75) is 25.8 Å².